The predicted molar refractivity (Wildman–Crippen MR) is 266 cm³/mol. The number of carbonyl (C=O) groups excluding carboxylic acids is 2. The zero-order valence-corrected chi connectivity index (χ0v) is 42.8. The number of unbranched alkanes of at least 4 members (excludes halogenated alkanes) is 28. The summed E-state index contributed by atoms with van der Waals surface area (Å²) in [6.07, 6.45) is 35.8. The first-order chi connectivity index (χ1) is 31.0. The van der Waals surface area contributed by atoms with E-state index in [1.54, 1.807) is 0 Å². The van der Waals surface area contributed by atoms with Crippen LogP contribution >= 0.6 is 7.60 Å². The van der Waals surface area contributed by atoms with Gasteiger partial charge < -0.3 is 27.9 Å². The Bertz CT molecular complexity index is 1440. The highest BCUT2D eigenvalue weighted by atomic mass is 31.2. The summed E-state index contributed by atoms with van der Waals surface area (Å²) in [4.78, 5) is 38.0. The van der Waals surface area contributed by atoms with Crippen LogP contribution in [-0.4, -0.2) is 69.6 Å². The Morgan fingerprint density at radius 2 is 0.859 bits per heavy atom. The van der Waals surface area contributed by atoms with Gasteiger partial charge in [0.25, 0.3) is 0 Å². The monoisotopic (exact) mass is 912 g/mol. The molecular weight excluding hydrogens is 818 g/mol. The molecule has 2 atom stereocenters. The lowest BCUT2D eigenvalue weighted by atomic mass is 10.1. The van der Waals surface area contributed by atoms with Crippen LogP contribution in [0.3, 0.4) is 0 Å². The van der Waals surface area contributed by atoms with E-state index in [1.165, 1.54) is 103 Å². The van der Waals surface area contributed by atoms with Gasteiger partial charge in [0.15, 0.2) is 0 Å². The summed E-state index contributed by atoms with van der Waals surface area (Å²) in [6, 6.07) is 0. The van der Waals surface area contributed by atoms with Crippen LogP contribution in [0.25, 0.3) is 0 Å². The number of carbonyl (C=O) groups is 2. The number of nitrogens with zero attached hydrogens (tertiary/aromatic N) is 1. The average Bonchev–Trinajstić information content (AvgIpc) is 3.25. The van der Waals surface area contributed by atoms with Crippen LogP contribution in [0.4, 0.5) is 0 Å². The van der Waals surface area contributed by atoms with Gasteiger partial charge in [0.2, 0.25) is 0 Å². The van der Waals surface area contributed by atoms with Gasteiger partial charge >= 0.3 is 11.9 Å². The van der Waals surface area contributed by atoms with Crippen molar-refractivity contribution in [2.75, 3.05) is 47.1 Å². The second kappa shape index (κ2) is 45.4. The Balaban J connectivity index is 4.35. The smallest absolute Gasteiger partial charge is 0.306 e. The van der Waals surface area contributed by atoms with Crippen LogP contribution < -0.4 is 4.89 Å². The van der Waals surface area contributed by atoms with E-state index in [4.69, 9.17) is 14.0 Å². The standard InChI is InChI=1S/C55H94NO7P/c1-6-8-10-12-14-16-18-20-22-24-26-28-30-32-34-36-38-40-42-44-46-54(57)61-52-53(48-51-64(59,60)62-50-49-56(3,4)5)63-55(58)47-45-43-41-39-37-35-33-31-29-27-25-23-21-19-17-15-13-11-9-7-2/h53H,6-23,32-52H2,1-5H3/t53-/m0/s1. The normalized spacial score (nSPS) is 12.3. The fraction of sp³-hybridized carbons (Fsp3) is 0.818. The maximum atomic E-state index is 12.8. The first-order valence-electron chi connectivity index (χ1n) is 26.0. The Morgan fingerprint density at radius 1 is 0.516 bits per heavy atom. The lowest BCUT2D eigenvalue weighted by molar-refractivity contribution is -0.870. The second-order valence-corrected chi connectivity index (χ2v) is 20.6. The van der Waals surface area contributed by atoms with E-state index in [-0.39, 0.29) is 44.6 Å². The van der Waals surface area contributed by atoms with Gasteiger partial charge in [0.1, 0.15) is 33.5 Å². The third-order valence-corrected chi connectivity index (χ3v) is 12.5. The van der Waals surface area contributed by atoms with Gasteiger partial charge in [0.05, 0.1) is 21.1 Å². The number of hydrogen-bond acceptors (Lipinski definition) is 7. The van der Waals surface area contributed by atoms with Crippen LogP contribution in [0, 0.1) is 47.4 Å². The molecule has 0 spiro atoms. The molecule has 0 aliphatic rings. The fourth-order valence-electron chi connectivity index (χ4n) is 7.00. The predicted octanol–water partition coefficient (Wildman–Crippen LogP) is 13.4. The molecule has 0 bridgehead atoms. The van der Waals surface area contributed by atoms with E-state index in [1.807, 2.05) is 21.1 Å². The van der Waals surface area contributed by atoms with Crippen molar-refractivity contribution in [3.05, 3.63) is 0 Å². The van der Waals surface area contributed by atoms with E-state index in [0.29, 0.717) is 17.4 Å². The summed E-state index contributed by atoms with van der Waals surface area (Å²) in [5, 5.41) is 0. The van der Waals surface area contributed by atoms with E-state index < -0.39 is 19.7 Å². The van der Waals surface area contributed by atoms with Gasteiger partial charge in [0, 0.05) is 44.7 Å². The molecule has 0 heterocycles. The molecule has 0 aromatic carbocycles. The van der Waals surface area contributed by atoms with E-state index in [9.17, 15) is 19.0 Å². The zero-order chi connectivity index (χ0) is 47.1. The summed E-state index contributed by atoms with van der Waals surface area (Å²) in [6.45, 7) is 4.96. The Morgan fingerprint density at radius 3 is 1.23 bits per heavy atom. The van der Waals surface area contributed by atoms with E-state index >= 15 is 0 Å². The van der Waals surface area contributed by atoms with Crippen molar-refractivity contribution in [3.63, 3.8) is 0 Å². The van der Waals surface area contributed by atoms with Gasteiger partial charge in [-0.3, -0.25) is 9.59 Å². The van der Waals surface area contributed by atoms with Crippen molar-refractivity contribution < 1.29 is 37.5 Å². The minimum absolute atomic E-state index is 0.00810. The van der Waals surface area contributed by atoms with E-state index in [2.05, 4.69) is 61.2 Å². The summed E-state index contributed by atoms with van der Waals surface area (Å²) in [5.41, 5.74) is 0. The largest absolute Gasteiger partial charge is 0.778 e. The van der Waals surface area contributed by atoms with Crippen LogP contribution in [-0.2, 0) is 28.2 Å². The van der Waals surface area contributed by atoms with Gasteiger partial charge in [-0.15, -0.1) is 0 Å². The molecule has 0 saturated heterocycles. The number of hydrogen-bond donors (Lipinski definition) is 0. The van der Waals surface area contributed by atoms with Crippen LogP contribution in [0.5, 0.6) is 0 Å². The highest BCUT2D eigenvalue weighted by Crippen LogP contribution is 2.38. The molecule has 8 nitrogen and oxygen atoms in total. The molecule has 0 aromatic heterocycles. The zero-order valence-electron chi connectivity index (χ0n) is 41.9. The lowest BCUT2D eigenvalue weighted by Crippen LogP contribution is -2.37. The van der Waals surface area contributed by atoms with Crippen LogP contribution in [0.2, 0.25) is 0 Å². The molecule has 0 saturated carbocycles. The molecule has 0 aromatic rings. The first kappa shape index (κ1) is 61.3. The third kappa shape index (κ3) is 48.7. The third-order valence-electron chi connectivity index (χ3n) is 11.2. The van der Waals surface area contributed by atoms with Crippen LogP contribution in [0.15, 0.2) is 0 Å². The van der Waals surface area contributed by atoms with Gasteiger partial charge in [-0.05, 0) is 68.6 Å². The molecule has 0 radical (unpaired) electrons. The SMILES string of the molecule is CCCCCCCCCCC#CC#CCCCCCCCCC(=O)OC[C@H](CCP(=O)([O-])OCC[N+](C)(C)C)OC(=O)CCCCCCCCC#CC#CCCCCCCCCCC. The number of quaternary nitrogens is 1. The summed E-state index contributed by atoms with van der Waals surface area (Å²) in [5.74, 6) is 23.9. The highest BCUT2D eigenvalue weighted by Gasteiger charge is 2.21. The lowest BCUT2D eigenvalue weighted by Gasteiger charge is -2.28. The van der Waals surface area contributed by atoms with Crippen molar-refractivity contribution in [2.24, 2.45) is 0 Å². The Labute approximate surface area is 394 Å². The summed E-state index contributed by atoms with van der Waals surface area (Å²) < 4.78 is 29.6. The van der Waals surface area contributed by atoms with Gasteiger partial charge in [-0.2, -0.15) is 0 Å². The van der Waals surface area contributed by atoms with Gasteiger partial charge in [-0.1, -0.05) is 179 Å². The van der Waals surface area contributed by atoms with Crippen molar-refractivity contribution in [2.45, 2.75) is 245 Å². The average molecular weight is 912 g/mol. The Hall–Kier alpha value is -2.71. The number of rotatable bonds is 42. The van der Waals surface area contributed by atoms with E-state index in [0.717, 1.165) is 96.3 Å². The molecule has 0 amide bonds. The van der Waals surface area contributed by atoms with Crippen molar-refractivity contribution in [1.82, 2.24) is 0 Å². The molecule has 366 valence electrons. The minimum atomic E-state index is -4.15. The summed E-state index contributed by atoms with van der Waals surface area (Å²) >= 11 is 0. The highest BCUT2D eigenvalue weighted by molar-refractivity contribution is 7.51. The van der Waals surface area contributed by atoms with Crippen molar-refractivity contribution >= 4 is 19.5 Å². The molecule has 0 N–H and O–H groups in total. The molecule has 0 aliphatic carbocycles. The maximum absolute atomic E-state index is 12.8. The molecule has 0 rings (SSSR count). The molecular formula is C55H94NO7P. The topological polar surface area (TPSA) is 102 Å². The van der Waals surface area contributed by atoms with Crippen molar-refractivity contribution in [3.8, 4) is 47.4 Å². The number of esters is 2. The Kier molecular flexibility index (Phi) is 43.5. The molecule has 9 heteroatoms. The number of ether oxygens (including phenoxy) is 2. The summed E-state index contributed by atoms with van der Waals surface area (Å²) in [7, 11) is 1.73. The molecule has 64 heavy (non-hydrogen) atoms. The van der Waals surface area contributed by atoms with Crippen LogP contribution in [0.1, 0.15) is 239 Å². The molecule has 0 fully saturated rings. The van der Waals surface area contributed by atoms with Crippen molar-refractivity contribution in [1.29, 1.82) is 0 Å². The fourth-order valence-corrected chi connectivity index (χ4v) is 8.09. The molecule has 0 aliphatic heterocycles. The quantitative estimate of drug-likeness (QED) is 0.0198. The first-order valence-corrected chi connectivity index (χ1v) is 27.7. The minimum Gasteiger partial charge on any atom is -0.778 e. The molecule has 1 unspecified atom stereocenters. The maximum Gasteiger partial charge on any atom is 0.306 e. The second-order valence-electron chi connectivity index (χ2n) is 18.7. The van der Waals surface area contributed by atoms with Gasteiger partial charge in [-0.25, -0.2) is 0 Å². The number of likely N-dealkylation sites (N-methyl/N-ethyl adjacent to an activating group) is 1.